The second-order valence-corrected chi connectivity index (χ2v) is 3.71. The van der Waals surface area contributed by atoms with Gasteiger partial charge >= 0.3 is 0 Å². The number of hydrogen-bond acceptors (Lipinski definition) is 4. The third kappa shape index (κ3) is 3.52. The van der Waals surface area contributed by atoms with Crippen LogP contribution in [0.4, 0.5) is 0 Å². The van der Waals surface area contributed by atoms with Gasteiger partial charge in [0.05, 0.1) is 0 Å². The van der Waals surface area contributed by atoms with Crippen molar-refractivity contribution in [3.8, 4) is 6.07 Å². The number of nitrogens with zero attached hydrogens (tertiary/aromatic N) is 2. The normalized spacial score (nSPS) is 10.8. The second kappa shape index (κ2) is 5.94. The maximum absolute atomic E-state index is 11.4. The van der Waals surface area contributed by atoms with E-state index in [1.807, 2.05) is 13.0 Å². The Kier molecular flexibility index (Phi) is 4.51. The number of rotatable bonds is 4. The van der Waals surface area contributed by atoms with Crippen molar-refractivity contribution in [3.63, 3.8) is 0 Å². The summed E-state index contributed by atoms with van der Waals surface area (Å²) < 4.78 is 3.89. The van der Waals surface area contributed by atoms with Gasteiger partial charge < -0.3 is 5.32 Å². The largest absolute Gasteiger partial charge is 0.351 e. The smallest absolute Gasteiger partial charge is 0.261 e. The Morgan fingerprint density at radius 3 is 3.13 bits per heavy atom. The molecule has 0 fully saturated rings. The van der Waals surface area contributed by atoms with Crippen LogP contribution >= 0.6 is 11.5 Å². The fourth-order valence-corrected chi connectivity index (χ4v) is 1.46. The first-order valence-corrected chi connectivity index (χ1v) is 5.36. The number of nitrogens with one attached hydrogen (secondary N) is 1. The monoisotopic (exact) mass is 221 g/mol. The van der Waals surface area contributed by atoms with Gasteiger partial charge in [-0.15, -0.1) is 0 Å². The van der Waals surface area contributed by atoms with Crippen LogP contribution in [-0.4, -0.2) is 16.8 Å². The van der Waals surface area contributed by atoms with Crippen LogP contribution in [0.25, 0.3) is 6.08 Å². The standard InChI is InChI=1S/C10H11N3OS/c1-2-4-12-10(14)8(7-11)6-9-3-5-13-15-9/h3,5-6H,2,4H2,1H3,(H,12,14). The van der Waals surface area contributed by atoms with E-state index in [1.165, 1.54) is 11.5 Å². The highest BCUT2D eigenvalue weighted by Gasteiger charge is 2.07. The minimum atomic E-state index is -0.326. The fourth-order valence-electron chi connectivity index (χ4n) is 0.925. The highest BCUT2D eigenvalue weighted by atomic mass is 32.1. The van der Waals surface area contributed by atoms with E-state index in [2.05, 4.69) is 9.69 Å². The van der Waals surface area contributed by atoms with Gasteiger partial charge in [-0.1, -0.05) is 6.92 Å². The zero-order chi connectivity index (χ0) is 11.1. The Hall–Kier alpha value is -1.67. The Morgan fingerprint density at radius 1 is 1.80 bits per heavy atom. The molecule has 0 spiro atoms. The van der Waals surface area contributed by atoms with E-state index in [-0.39, 0.29) is 11.5 Å². The molecule has 1 amide bonds. The van der Waals surface area contributed by atoms with E-state index in [0.29, 0.717) is 6.54 Å². The summed E-state index contributed by atoms with van der Waals surface area (Å²) in [6, 6.07) is 3.64. The Morgan fingerprint density at radius 2 is 2.60 bits per heavy atom. The van der Waals surface area contributed by atoms with Gasteiger partial charge in [0.2, 0.25) is 0 Å². The Bertz CT molecular complexity index is 389. The molecule has 0 aliphatic carbocycles. The van der Waals surface area contributed by atoms with Gasteiger partial charge in [-0.2, -0.15) is 5.26 Å². The average molecular weight is 221 g/mol. The van der Waals surface area contributed by atoms with E-state index >= 15 is 0 Å². The van der Waals surface area contributed by atoms with Crippen molar-refractivity contribution in [1.82, 2.24) is 9.69 Å². The summed E-state index contributed by atoms with van der Waals surface area (Å²) in [5, 5.41) is 11.4. The molecule has 0 atom stereocenters. The molecule has 1 rings (SSSR count). The summed E-state index contributed by atoms with van der Waals surface area (Å²) in [6.45, 7) is 2.54. The van der Waals surface area contributed by atoms with E-state index < -0.39 is 0 Å². The molecule has 5 heteroatoms. The van der Waals surface area contributed by atoms with Gasteiger partial charge in [0.25, 0.3) is 5.91 Å². The molecule has 1 aromatic rings. The third-order valence-corrected chi connectivity index (χ3v) is 2.34. The quantitative estimate of drug-likeness (QED) is 0.620. The minimum absolute atomic E-state index is 0.118. The zero-order valence-electron chi connectivity index (χ0n) is 8.36. The van der Waals surface area contributed by atoms with E-state index in [0.717, 1.165) is 11.3 Å². The molecule has 0 aliphatic heterocycles. The Balaban J connectivity index is 2.72. The van der Waals surface area contributed by atoms with Crippen LogP contribution < -0.4 is 5.32 Å². The molecular weight excluding hydrogens is 210 g/mol. The Labute approximate surface area is 92.4 Å². The molecule has 1 heterocycles. The number of amides is 1. The molecule has 15 heavy (non-hydrogen) atoms. The highest BCUT2D eigenvalue weighted by Crippen LogP contribution is 2.10. The van der Waals surface area contributed by atoms with Crippen molar-refractivity contribution >= 4 is 23.5 Å². The topological polar surface area (TPSA) is 65.8 Å². The second-order valence-electron chi connectivity index (χ2n) is 2.84. The number of nitriles is 1. The van der Waals surface area contributed by atoms with Crippen LogP contribution in [0.3, 0.4) is 0 Å². The van der Waals surface area contributed by atoms with E-state index in [1.54, 1.807) is 18.3 Å². The van der Waals surface area contributed by atoms with Crippen molar-refractivity contribution < 1.29 is 4.79 Å². The third-order valence-electron chi connectivity index (χ3n) is 1.65. The molecule has 0 saturated carbocycles. The predicted molar refractivity (Wildman–Crippen MR) is 59.0 cm³/mol. The summed E-state index contributed by atoms with van der Waals surface area (Å²) in [7, 11) is 0. The molecule has 78 valence electrons. The lowest BCUT2D eigenvalue weighted by Crippen LogP contribution is -2.24. The van der Waals surface area contributed by atoms with Crippen molar-refractivity contribution in [2.24, 2.45) is 0 Å². The molecule has 0 bridgehead atoms. The first-order chi connectivity index (χ1) is 7.27. The van der Waals surface area contributed by atoms with Crippen molar-refractivity contribution in [1.29, 1.82) is 5.26 Å². The number of hydrogen-bond donors (Lipinski definition) is 1. The number of carbonyl (C=O) groups excluding carboxylic acids is 1. The lowest BCUT2D eigenvalue weighted by molar-refractivity contribution is -0.117. The molecule has 0 aromatic carbocycles. The summed E-state index contributed by atoms with van der Waals surface area (Å²) in [5.41, 5.74) is 0.118. The summed E-state index contributed by atoms with van der Waals surface area (Å²) in [5.74, 6) is -0.326. The van der Waals surface area contributed by atoms with Crippen molar-refractivity contribution in [2.75, 3.05) is 6.54 Å². The molecule has 0 unspecified atom stereocenters. The SMILES string of the molecule is CCCNC(=O)C(C#N)=Cc1ccns1. The van der Waals surface area contributed by atoms with Gasteiger partial charge in [0, 0.05) is 17.6 Å². The molecule has 0 saturated heterocycles. The zero-order valence-corrected chi connectivity index (χ0v) is 9.17. The van der Waals surface area contributed by atoms with Crippen LogP contribution in [0, 0.1) is 11.3 Å². The molecule has 1 aromatic heterocycles. The number of carbonyl (C=O) groups is 1. The fraction of sp³-hybridized carbons (Fsp3) is 0.300. The first-order valence-electron chi connectivity index (χ1n) is 4.58. The van der Waals surface area contributed by atoms with Gasteiger partial charge in [-0.3, -0.25) is 4.79 Å². The van der Waals surface area contributed by atoms with Crippen molar-refractivity contribution in [2.45, 2.75) is 13.3 Å². The molecule has 0 aliphatic rings. The van der Waals surface area contributed by atoms with Crippen LogP contribution in [0.2, 0.25) is 0 Å². The molecule has 4 nitrogen and oxygen atoms in total. The first kappa shape index (κ1) is 11.4. The molecular formula is C10H11N3OS. The number of aromatic nitrogens is 1. The van der Waals surface area contributed by atoms with Crippen LogP contribution in [0.5, 0.6) is 0 Å². The van der Waals surface area contributed by atoms with Crippen LogP contribution in [-0.2, 0) is 4.79 Å². The lowest BCUT2D eigenvalue weighted by atomic mass is 10.2. The maximum atomic E-state index is 11.4. The summed E-state index contributed by atoms with van der Waals surface area (Å²) in [6.07, 6.45) is 4.03. The molecule has 0 radical (unpaired) electrons. The van der Waals surface area contributed by atoms with Gasteiger partial charge in [0.15, 0.2) is 0 Å². The predicted octanol–water partition coefficient (Wildman–Crippen LogP) is 1.58. The maximum Gasteiger partial charge on any atom is 0.261 e. The lowest BCUT2D eigenvalue weighted by Gasteiger charge is -2.00. The van der Waals surface area contributed by atoms with Crippen LogP contribution in [0.1, 0.15) is 18.2 Å². The van der Waals surface area contributed by atoms with Gasteiger partial charge in [0.1, 0.15) is 11.6 Å². The highest BCUT2D eigenvalue weighted by molar-refractivity contribution is 7.06. The summed E-state index contributed by atoms with van der Waals surface area (Å²) >= 11 is 1.25. The summed E-state index contributed by atoms with van der Waals surface area (Å²) in [4.78, 5) is 12.2. The molecule has 1 N–H and O–H groups in total. The van der Waals surface area contributed by atoms with E-state index in [9.17, 15) is 4.79 Å². The minimum Gasteiger partial charge on any atom is -0.351 e. The van der Waals surface area contributed by atoms with Gasteiger partial charge in [-0.05, 0) is 30.1 Å². The average Bonchev–Trinajstić information content (AvgIpc) is 2.75. The van der Waals surface area contributed by atoms with Crippen LogP contribution in [0.15, 0.2) is 17.8 Å². The van der Waals surface area contributed by atoms with Gasteiger partial charge in [-0.25, -0.2) is 4.37 Å². The van der Waals surface area contributed by atoms with E-state index in [4.69, 9.17) is 5.26 Å². The van der Waals surface area contributed by atoms with Crippen molar-refractivity contribution in [3.05, 3.63) is 22.7 Å².